The molecule has 7 heteroatoms. The number of hydrogen-bond acceptors (Lipinski definition) is 6. The summed E-state index contributed by atoms with van der Waals surface area (Å²) in [5, 5.41) is 9.77. The number of fused-ring (bicyclic) bond motifs is 1. The predicted molar refractivity (Wildman–Crippen MR) is 103 cm³/mol. The number of nitrogens with zero attached hydrogens (tertiary/aromatic N) is 5. The standard InChI is InChI=1S/C20H29N5O2/c26-10-20(11-27-12-20)9-24-14-23-17-18(24)21-13-22-19(17)25(8-15-6-7-15)16-4-2-1-3-5-16/h13-16,26H,1-12H2. The van der Waals surface area contributed by atoms with Crippen molar-refractivity contribution < 1.29 is 9.84 Å². The first-order valence-electron chi connectivity index (χ1n) is 10.4. The molecule has 3 fully saturated rings. The molecule has 0 bridgehead atoms. The van der Waals surface area contributed by atoms with Gasteiger partial charge in [0.2, 0.25) is 0 Å². The molecular weight excluding hydrogens is 342 g/mol. The van der Waals surface area contributed by atoms with Gasteiger partial charge in [0.1, 0.15) is 6.33 Å². The molecular formula is C20H29N5O2. The van der Waals surface area contributed by atoms with Gasteiger partial charge in [-0.3, -0.25) is 0 Å². The summed E-state index contributed by atoms with van der Waals surface area (Å²) in [7, 11) is 0. The Kier molecular flexibility index (Phi) is 4.52. The van der Waals surface area contributed by atoms with Gasteiger partial charge in [0.15, 0.2) is 17.0 Å². The number of ether oxygens (including phenoxy) is 1. The fourth-order valence-corrected chi connectivity index (χ4v) is 4.56. The molecule has 2 saturated carbocycles. The van der Waals surface area contributed by atoms with E-state index in [0.717, 1.165) is 29.4 Å². The summed E-state index contributed by atoms with van der Waals surface area (Å²) in [5.74, 6) is 1.81. The van der Waals surface area contributed by atoms with Gasteiger partial charge in [-0.25, -0.2) is 15.0 Å². The molecule has 3 aliphatic rings. The van der Waals surface area contributed by atoms with Gasteiger partial charge in [-0.15, -0.1) is 0 Å². The Labute approximate surface area is 159 Å². The summed E-state index contributed by atoms with van der Waals surface area (Å²) in [6, 6.07) is 0.575. The van der Waals surface area contributed by atoms with Crippen molar-refractivity contribution in [3.8, 4) is 0 Å². The van der Waals surface area contributed by atoms with E-state index in [2.05, 4.69) is 14.5 Å². The maximum atomic E-state index is 9.77. The fraction of sp³-hybridized carbons (Fsp3) is 0.750. The van der Waals surface area contributed by atoms with Crippen LogP contribution in [0.1, 0.15) is 44.9 Å². The van der Waals surface area contributed by atoms with Crippen LogP contribution < -0.4 is 4.90 Å². The minimum absolute atomic E-state index is 0.125. The van der Waals surface area contributed by atoms with Crippen molar-refractivity contribution >= 4 is 17.0 Å². The molecule has 2 aromatic heterocycles. The third kappa shape index (κ3) is 3.31. The van der Waals surface area contributed by atoms with Crippen LogP contribution in [0.2, 0.25) is 0 Å². The number of aliphatic hydroxyl groups is 1. The van der Waals surface area contributed by atoms with Crippen molar-refractivity contribution in [2.45, 2.75) is 57.5 Å². The lowest BCUT2D eigenvalue weighted by atomic mass is 9.87. The Morgan fingerprint density at radius 2 is 1.93 bits per heavy atom. The molecule has 0 spiro atoms. The smallest absolute Gasteiger partial charge is 0.165 e. The lowest BCUT2D eigenvalue weighted by Gasteiger charge is -2.40. The van der Waals surface area contributed by atoms with Crippen LogP contribution in [0.4, 0.5) is 5.82 Å². The molecule has 3 heterocycles. The van der Waals surface area contributed by atoms with Gasteiger partial charge < -0.3 is 19.3 Å². The molecule has 5 rings (SSSR count). The van der Waals surface area contributed by atoms with Gasteiger partial charge in [-0.2, -0.15) is 0 Å². The zero-order valence-electron chi connectivity index (χ0n) is 15.9. The van der Waals surface area contributed by atoms with Crippen molar-refractivity contribution in [3.63, 3.8) is 0 Å². The van der Waals surface area contributed by atoms with Gasteiger partial charge in [0, 0.05) is 19.1 Å². The highest BCUT2D eigenvalue weighted by Gasteiger charge is 2.39. The quantitative estimate of drug-likeness (QED) is 0.805. The van der Waals surface area contributed by atoms with E-state index in [1.807, 2.05) is 6.33 Å². The summed E-state index contributed by atoms with van der Waals surface area (Å²) < 4.78 is 7.41. The molecule has 0 aromatic carbocycles. The van der Waals surface area contributed by atoms with E-state index in [4.69, 9.17) is 14.7 Å². The molecule has 2 aliphatic carbocycles. The van der Waals surface area contributed by atoms with Crippen molar-refractivity contribution in [3.05, 3.63) is 12.7 Å². The van der Waals surface area contributed by atoms with Gasteiger partial charge in [0.05, 0.1) is 31.6 Å². The molecule has 0 atom stereocenters. The Morgan fingerprint density at radius 1 is 1.11 bits per heavy atom. The molecule has 2 aromatic rings. The maximum Gasteiger partial charge on any atom is 0.165 e. The summed E-state index contributed by atoms with van der Waals surface area (Å²) in [5.41, 5.74) is 1.57. The van der Waals surface area contributed by atoms with Crippen LogP contribution in [0.25, 0.3) is 11.2 Å². The van der Waals surface area contributed by atoms with Crippen LogP contribution in [-0.4, -0.2) is 57.0 Å². The number of hydrogen-bond donors (Lipinski definition) is 1. The minimum atomic E-state index is -0.199. The second-order valence-electron chi connectivity index (χ2n) is 8.78. The van der Waals surface area contributed by atoms with Gasteiger partial charge in [0.25, 0.3) is 0 Å². The van der Waals surface area contributed by atoms with Crippen molar-refractivity contribution in [2.75, 3.05) is 31.3 Å². The SMILES string of the molecule is OCC1(Cn2cnc3c(N(CC4CC4)C4CCCCC4)ncnc32)COC1. The van der Waals surface area contributed by atoms with E-state index in [9.17, 15) is 5.11 Å². The first-order valence-corrected chi connectivity index (χ1v) is 10.4. The summed E-state index contributed by atoms with van der Waals surface area (Å²) >= 11 is 0. The molecule has 0 unspecified atom stereocenters. The summed E-state index contributed by atoms with van der Waals surface area (Å²) in [4.78, 5) is 16.5. The maximum absolute atomic E-state index is 9.77. The first kappa shape index (κ1) is 17.4. The normalized spacial score (nSPS) is 22.7. The average Bonchev–Trinajstić information content (AvgIpc) is 3.42. The van der Waals surface area contributed by atoms with Crippen molar-refractivity contribution in [1.29, 1.82) is 0 Å². The number of anilines is 1. The molecule has 0 amide bonds. The molecule has 0 radical (unpaired) electrons. The fourth-order valence-electron chi connectivity index (χ4n) is 4.56. The third-order valence-electron chi connectivity index (χ3n) is 6.48. The van der Waals surface area contributed by atoms with E-state index < -0.39 is 0 Å². The van der Waals surface area contributed by atoms with E-state index in [-0.39, 0.29) is 12.0 Å². The predicted octanol–water partition coefficient (Wildman–Crippen LogP) is 2.38. The second-order valence-corrected chi connectivity index (χ2v) is 8.78. The van der Waals surface area contributed by atoms with Crippen molar-refractivity contribution in [2.24, 2.45) is 11.3 Å². The average molecular weight is 371 g/mol. The first-order chi connectivity index (χ1) is 13.3. The number of aliphatic hydroxyl groups excluding tert-OH is 1. The number of rotatable bonds is 7. The molecule has 1 saturated heterocycles. The Hall–Kier alpha value is -1.73. The Balaban J connectivity index is 1.48. The van der Waals surface area contributed by atoms with Crippen LogP contribution >= 0.6 is 0 Å². The number of aromatic nitrogens is 4. The molecule has 1 aliphatic heterocycles. The highest BCUT2D eigenvalue weighted by atomic mass is 16.5. The van der Waals surface area contributed by atoms with E-state index in [1.54, 1.807) is 6.33 Å². The Morgan fingerprint density at radius 3 is 2.59 bits per heavy atom. The molecule has 146 valence electrons. The van der Waals surface area contributed by atoms with Crippen molar-refractivity contribution in [1.82, 2.24) is 19.5 Å². The van der Waals surface area contributed by atoms with Crippen LogP contribution in [0, 0.1) is 11.3 Å². The molecule has 27 heavy (non-hydrogen) atoms. The van der Waals surface area contributed by atoms with Gasteiger partial charge in [-0.05, 0) is 31.6 Å². The van der Waals surface area contributed by atoms with E-state index in [0.29, 0.717) is 25.8 Å². The van der Waals surface area contributed by atoms with E-state index >= 15 is 0 Å². The summed E-state index contributed by atoms with van der Waals surface area (Å²) in [6.45, 7) is 3.09. The topological polar surface area (TPSA) is 76.3 Å². The minimum Gasteiger partial charge on any atom is -0.396 e. The third-order valence-corrected chi connectivity index (χ3v) is 6.48. The zero-order valence-corrected chi connectivity index (χ0v) is 15.9. The summed E-state index contributed by atoms with van der Waals surface area (Å²) in [6.07, 6.45) is 12.7. The largest absolute Gasteiger partial charge is 0.396 e. The highest BCUT2D eigenvalue weighted by molar-refractivity contribution is 5.83. The van der Waals surface area contributed by atoms with Crippen LogP contribution in [0.5, 0.6) is 0 Å². The van der Waals surface area contributed by atoms with E-state index in [1.165, 1.54) is 44.9 Å². The highest BCUT2D eigenvalue weighted by Crippen LogP contribution is 2.37. The van der Waals surface area contributed by atoms with Crippen LogP contribution in [0.15, 0.2) is 12.7 Å². The Bertz CT molecular complexity index is 787. The lowest BCUT2D eigenvalue weighted by Crippen LogP contribution is -2.48. The molecule has 7 nitrogen and oxygen atoms in total. The van der Waals surface area contributed by atoms with Gasteiger partial charge in [-0.1, -0.05) is 19.3 Å². The van der Waals surface area contributed by atoms with Crippen LogP contribution in [-0.2, 0) is 11.3 Å². The zero-order chi connectivity index (χ0) is 18.3. The number of imidazole rings is 1. The second kappa shape index (κ2) is 7.02. The van der Waals surface area contributed by atoms with Gasteiger partial charge >= 0.3 is 0 Å². The molecule has 1 N–H and O–H groups in total. The van der Waals surface area contributed by atoms with Crippen LogP contribution in [0.3, 0.4) is 0 Å². The lowest BCUT2D eigenvalue weighted by molar-refractivity contribution is -0.144. The monoisotopic (exact) mass is 371 g/mol.